The largest absolute Gasteiger partial charge is 0.472 e. The van der Waals surface area contributed by atoms with E-state index in [0.29, 0.717) is 25.7 Å². The fourth-order valence-electron chi connectivity index (χ4n) is 6.82. The van der Waals surface area contributed by atoms with Crippen molar-refractivity contribution < 1.29 is 87.1 Å². The molecule has 10 atom stereocenters. The van der Waals surface area contributed by atoms with Crippen molar-refractivity contribution in [1.82, 2.24) is 0 Å². The van der Waals surface area contributed by atoms with E-state index in [1.54, 1.807) is 36.5 Å². The zero-order valence-corrected chi connectivity index (χ0v) is 42.2. The summed E-state index contributed by atoms with van der Waals surface area (Å²) in [6.07, 6.45) is 26.0. The Morgan fingerprint density at radius 3 is 1.75 bits per heavy atom. The summed E-state index contributed by atoms with van der Waals surface area (Å²) in [6, 6.07) is 0. The van der Waals surface area contributed by atoms with E-state index < -0.39 is 95.7 Å². The number of aliphatic hydroxyl groups excluding tert-OH is 6. The highest BCUT2D eigenvalue weighted by molar-refractivity contribution is 7.47. The smallest absolute Gasteiger partial charge is 0.462 e. The number of allylic oxidation sites excluding steroid dienone is 10. The Morgan fingerprint density at radius 1 is 0.565 bits per heavy atom. The van der Waals surface area contributed by atoms with Gasteiger partial charge in [-0.15, -0.1) is 0 Å². The maximum Gasteiger partial charge on any atom is 0.472 e. The number of esters is 2. The first-order valence-electron chi connectivity index (χ1n) is 24.4. The predicted octanol–water partition coefficient (Wildman–Crippen LogP) is 7.34. The van der Waals surface area contributed by atoms with E-state index in [-0.39, 0.29) is 19.3 Å². The van der Waals surface area contributed by atoms with Crippen LogP contribution in [0.4, 0.5) is 0 Å². The number of hydrogen-bond acceptors (Lipinski definition) is 15. The van der Waals surface area contributed by atoms with E-state index in [9.17, 15) is 64.0 Å². The molecule has 1 aliphatic carbocycles. The molecule has 69 heavy (non-hydrogen) atoms. The van der Waals surface area contributed by atoms with Gasteiger partial charge in [-0.05, 0) is 64.2 Å². The van der Waals surface area contributed by atoms with E-state index in [1.165, 1.54) is 31.8 Å². The molecule has 0 aromatic rings. The second kappa shape index (κ2) is 38.7. The Labute approximate surface area is 409 Å². The molecule has 0 spiro atoms. The molecule has 20 heteroatoms. The summed E-state index contributed by atoms with van der Waals surface area (Å²) in [4.78, 5) is 54.3. The van der Waals surface area contributed by atoms with Crippen molar-refractivity contribution in [2.45, 2.75) is 197 Å². The van der Waals surface area contributed by atoms with E-state index in [4.69, 9.17) is 18.5 Å². The molecule has 0 saturated heterocycles. The van der Waals surface area contributed by atoms with Gasteiger partial charge in [0, 0.05) is 12.8 Å². The Kier molecular flexibility index (Phi) is 36.0. The number of carbonyl (C=O) groups is 2. The minimum absolute atomic E-state index is 0.0682. The third-order valence-corrected chi connectivity index (χ3v) is 12.1. The highest BCUT2D eigenvalue weighted by Crippen LogP contribution is 2.49. The average molecular weight is 1020 g/mol. The van der Waals surface area contributed by atoms with E-state index >= 15 is 0 Å². The molecule has 1 aliphatic rings. The highest BCUT2D eigenvalue weighted by Gasteiger charge is 2.54. The van der Waals surface area contributed by atoms with Crippen molar-refractivity contribution in [3.8, 4) is 0 Å². The van der Waals surface area contributed by atoms with Crippen molar-refractivity contribution in [3.63, 3.8) is 0 Å². The van der Waals surface area contributed by atoms with E-state index in [0.717, 1.165) is 57.8 Å². The lowest BCUT2D eigenvalue weighted by molar-refractivity contribution is -0.216. The summed E-state index contributed by atoms with van der Waals surface area (Å²) in [5.41, 5.74) is 0. The second-order valence-corrected chi connectivity index (χ2v) is 19.4. The minimum atomic E-state index is -5.39. The molecule has 1 rings (SSSR count). The second-order valence-electron chi connectivity index (χ2n) is 16.8. The molecular formula is C49H82O18P2. The van der Waals surface area contributed by atoms with Crippen LogP contribution in [-0.4, -0.2) is 125 Å². The maximum atomic E-state index is 13.0. The lowest BCUT2D eigenvalue weighted by atomic mass is 9.85. The fourth-order valence-corrected chi connectivity index (χ4v) is 8.36. The van der Waals surface area contributed by atoms with Crippen molar-refractivity contribution >= 4 is 27.6 Å². The molecule has 396 valence electrons. The van der Waals surface area contributed by atoms with Gasteiger partial charge in [0.05, 0.1) is 18.8 Å². The molecule has 0 aliphatic heterocycles. The van der Waals surface area contributed by atoms with Crippen LogP contribution >= 0.6 is 15.6 Å². The van der Waals surface area contributed by atoms with Gasteiger partial charge in [-0.1, -0.05) is 150 Å². The van der Waals surface area contributed by atoms with Crippen molar-refractivity contribution in [2.75, 3.05) is 13.2 Å². The molecule has 0 heterocycles. The van der Waals surface area contributed by atoms with E-state index in [2.05, 4.69) is 23.6 Å². The summed E-state index contributed by atoms with van der Waals surface area (Å²) >= 11 is 0. The number of hydrogen-bond donors (Lipinski definition) is 9. The van der Waals surface area contributed by atoms with Gasteiger partial charge in [0.15, 0.2) is 6.10 Å². The molecule has 0 amide bonds. The van der Waals surface area contributed by atoms with Gasteiger partial charge < -0.3 is 54.8 Å². The van der Waals surface area contributed by atoms with Crippen LogP contribution in [0.25, 0.3) is 0 Å². The van der Waals surface area contributed by atoms with Crippen LogP contribution in [0, 0.1) is 0 Å². The van der Waals surface area contributed by atoms with Gasteiger partial charge in [0.2, 0.25) is 0 Å². The zero-order chi connectivity index (χ0) is 51.3. The first kappa shape index (κ1) is 64.1. The van der Waals surface area contributed by atoms with E-state index in [1.807, 2.05) is 37.3 Å². The Morgan fingerprint density at radius 2 is 1.13 bits per heavy atom. The van der Waals surface area contributed by atoms with Crippen LogP contribution in [0.3, 0.4) is 0 Å². The van der Waals surface area contributed by atoms with Gasteiger partial charge >= 0.3 is 27.6 Å². The Balaban J connectivity index is 2.70. The van der Waals surface area contributed by atoms with Gasteiger partial charge in [-0.25, -0.2) is 9.13 Å². The number of unbranched alkanes of at least 4 members (excludes halogenated alkanes) is 12. The number of phosphoric ester groups is 2. The summed E-state index contributed by atoms with van der Waals surface area (Å²) < 4.78 is 49.2. The summed E-state index contributed by atoms with van der Waals surface area (Å²) in [7, 11) is -10.8. The van der Waals surface area contributed by atoms with Gasteiger partial charge in [0.25, 0.3) is 0 Å². The van der Waals surface area contributed by atoms with Gasteiger partial charge in [-0.3, -0.25) is 23.2 Å². The minimum Gasteiger partial charge on any atom is -0.462 e. The standard InChI is InChI=1S/C49H82O18P2/c1-3-5-7-8-9-10-11-12-13-14-15-16-20-23-29-35-42(52)63-37-41(38-64-69(61,62)67-49-46(56)44(54)45(55)48(47(49)57)66-68(58,59)60)65-43(53)36-30-24-28-34-40(51)33-27-22-19-17-18-21-26-32-39(50)31-25-6-4-2/h6,10-11,18-19,21-22,25-28,32-34,39-41,44-51,54-57H,3-5,7-9,12-17,20,23-24,29-31,35-38H2,1-2H3,(H,61,62)(H2,58,59,60)/b11-10-,21-18-,22-19-,25-6-,32-26+,33-27+,34-28-/t39-,40-,41+,44?,45?,46?,47?,48+,49-/m0/s1. The normalized spacial score (nSPS) is 22.8. The molecule has 0 aromatic carbocycles. The molecule has 9 N–H and O–H groups in total. The van der Waals surface area contributed by atoms with Crippen molar-refractivity contribution in [3.05, 3.63) is 85.1 Å². The SMILES string of the molecule is CC/C=C\C[C@H](O)/C=C/C=C\C/C=C\C=C\[C@H](O)/C=C\CCCC(=O)O[C@H](COC(=O)CCCCCCCCC/C=C\CCCCCC)COP(=O)(O)O[C@H]1C(O)C(O)C(O)[C@@H](OP(=O)(O)O)C1O. The van der Waals surface area contributed by atoms with Gasteiger partial charge in [-0.2, -0.15) is 0 Å². The molecule has 1 saturated carbocycles. The number of carbonyl (C=O) groups excluding carboxylic acids is 2. The van der Waals surface area contributed by atoms with Crippen molar-refractivity contribution in [2.24, 2.45) is 0 Å². The maximum absolute atomic E-state index is 13.0. The fraction of sp³-hybridized carbons (Fsp3) is 0.673. The first-order valence-corrected chi connectivity index (χ1v) is 27.4. The molecule has 5 unspecified atom stereocenters. The van der Waals surface area contributed by atoms with Crippen LogP contribution < -0.4 is 0 Å². The number of phosphoric acid groups is 2. The zero-order valence-electron chi connectivity index (χ0n) is 40.4. The van der Waals surface area contributed by atoms with Crippen LogP contribution in [0.1, 0.15) is 142 Å². The van der Waals surface area contributed by atoms with Crippen LogP contribution in [0.2, 0.25) is 0 Å². The highest BCUT2D eigenvalue weighted by atomic mass is 31.2. The molecular weight excluding hydrogens is 938 g/mol. The van der Waals surface area contributed by atoms with Crippen LogP contribution in [0.5, 0.6) is 0 Å². The third-order valence-electron chi connectivity index (χ3n) is 10.6. The number of aliphatic hydroxyl groups is 6. The monoisotopic (exact) mass is 1020 g/mol. The molecule has 1 fully saturated rings. The molecule has 0 radical (unpaired) electrons. The quantitative estimate of drug-likeness (QED) is 0.00957. The van der Waals surface area contributed by atoms with Crippen molar-refractivity contribution in [1.29, 1.82) is 0 Å². The lowest BCUT2D eigenvalue weighted by Crippen LogP contribution is -2.64. The molecule has 18 nitrogen and oxygen atoms in total. The number of ether oxygens (including phenoxy) is 2. The predicted molar refractivity (Wildman–Crippen MR) is 262 cm³/mol. The topological polar surface area (TPSA) is 296 Å². The molecule has 0 aromatic heterocycles. The summed E-state index contributed by atoms with van der Waals surface area (Å²) in [5, 5.41) is 61.3. The summed E-state index contributed by atoms with van der Waals surface area (Å²) in [6.45, 7) is 2.74. The van der Waals surface area contributed by atoms with Crippen LogP contribution in [-0.2, 0) is 41.8 Å². The number of rotatable bonds is 39. The summed E-state index contributed by atoms with van der Waals surface area (Å²) in [5.74, 6) is -1.40. The molecule has 0 bridgehead atoms. The van der Waals surface area contributed by atoms with Crippen LogP contribution in [0.15, 0.2) is 85.1 Å². The Hall–Kier alpha value is -2.90. The van der Waals surface area contributed by atoms with Gasteiger partial charge in [0.1, 0.15) is 43.2 Å². The third kappa shape index (κ3) is 33.4. The first-order chi connectivity index (χ1) is 32.9. The Bertz CT molecular complexity index is 1690. The average Bonchev–Trinajstić information content (AvgIpc) is 3.29. The lowest BCUT2D eigenvalue weighted by Gasteiger charge is -2.43.